The first-order valence-corrected chi connectivity index (χ1v) is 4.60. The average Bonchev–Trinajstić information content (AvgIpc) is 2.32. The lowest BCUT2D eigenvalue weighted by molar-refractivity contribution is -0.384. The predicted molar refractivity (Wildman–Crippen MR) is 60.8 cm³/mol. The lowest BCUT2D eigenvalue weighted by Gasteiger charge is -2.04. The van der Waals surface area contributed by atoms with Gasteiger partial charge in [-0.2, -0.15) is 10.5 Å². The van der Waals surface area contributed by atoms with Crippen LogP contribution in [0.4, 0.5) is 11.4 Å². The maximum atomic E-state index is 10.6. The summed E-state index contributed by atoms with van der Waals surface area (Å²) in [5.41, 5.74) is 1.11. The van der Waals surface area contributed by atoms with Crippen molar-refractivity contribution in [3.05, 3.63) is 45.6 Å². The molecule has 0 unspecified atom stereocenters. The molecule has 0 saturated heterocycles. The van der Waals surface area contributed by atoms with Crippen LogP contribution in [0.15, 0.2) is 30.0 Å². The van der Waals surface area contributed by atoms with Gasteiger partial charge < -0.3 is 5.32 Å². The third kappa shape index (κ3) is 3.05. The molecule has 1 N–H and O–H groups in total. The monoisotopic (exact) mass is 228 g/mol. The Kier molecular flexibility index (Phi) is 3.80. The lowest BCUT2D eigenvalue weighted by Crippen LogP contribution is -1.95. The quantitative estimate of drug-likeness (QED) is 0.485. The van der Waals surface area contributed by atoms with E-state index in [-0.39, 0.29) is 11.3 Å². The largest absolute Gasteiger partial charge is 0.359 e. The van der Waals surface area contributed by atoms with Crippen LogP contribution in [0.3, 0.4) is 0 Å². The summed E-state index contributed by atoms with van der Waals surface area (Å²) in [5.74, 6) is 0. The first-order chi connectivity index (χ1) is 8.08. The highest BCUT2D eigenvalue weighted by molar-refractivity contribution is 5.59. The molecular weight excluding hydrogens is 220 g/mol. The van der Waals surface area contributed by atoms with Gasteiger partial charge in [-0.05, 0) is 12.5 Å². The van der Waals surface area contributed by atoms with Crippen LogP contribution in [0, 0.1) is 39.7 Å². The van der Waals surface area contributed by atoms with E-state index in [0.717, 1.165) is 5.56 Å². The molecule has 0 saturated carbocycles. The van der Waals surface area contributed by atoms with E-state index in [4.69, 9.17) is 10.5 Å². The fourth-order valence-electron chi connectivity index (χ4n) is 1.12. The number of nitriles is 2. The molecule has 0 heterocycles. The number of aryl methyl sites for hydroxylation is 1. The number of hydrogen-bond acceptors (Lipinski definition) is 5. The topological polar surface area (TPSA) is 103 Å². The fourth-order valence-corrected chi connectivity index (χ4v) is 1.12. The van der Waals surface area contributed by atoms with E-state index in [1.54, 1.807) is 25.1 Å². The van der Waals surface area contributed by atoms with E-state index in [0.29, 0.717) is 5.69 Å². The maximum absolute atomic E-state index is 10.6. The Labute approximate surface area is 97.6 Å². The molecule has 0 aromatic heterocycles. The molecule has 0 amide bonds. The van der Waals surface area contributed by atoms with Crippen LogP contribution < -0.4 is 5.32 Å². The molecule has 0 aliphatic heterocycles. The van der Waals surface area contributed by atoms with Crippen molar-refractivity contribution < 1.29 is 4.92 Å². The highest BCUT2D eigenvalue weighted by atomic mass is 16.6. The summed E-state index contributed by atoms with van der Waals surface area (Å²) in [5, 5.41) is 30.3. The number of nitrogens with one attached hydrogen (secondary N) is 1. The molecule has 0 aliphatic rings. The number of hydrogen-bond donors (Lipinski definition) is 1. The Morgan fingerprint density at radius 3 is 2.65 bits per heavy atom. The molecule has 0 bridgehead atoms. The molecule has 84 valence electrons. The van der Waals surface area contributed by atoms with Crippen molar-refractivity contribution in [3.8, 4) is 12.1 Å². The first kappa shape index (κ1) is 12.2. The summed E-state index contributed by atoms with van der Waals surface area (Å²) in [6.45, 7) is 1.76. The number of rotatable bonds is 3. The van der Waals surface area contributed by atoms with Gasteiger partial charge in [0.25, 0.3) is 5.69 Å². The minimum Gasteiger partial charge on any atom is -0.359 e. The van der Waals surface area contributed by atoms with Gasteiger partial charge in [0.1, 0.15) is 17.7 Å². The van der Waals surface area contributed by atoms with Crippen molar-refractivity contribution in [1.82, 2.24) is 0 Å². The van der Waals surface area contributed by atoms with Gasteiger partial charge in [0, 0.05) is 24.0 Å². The Balaban J connectivity index is 3.04. The summed E-state index contributed by atoms with van der Waals surface area (Å²) < 4.78 is 0. The second kappa shape index (κ2) is 5.29. The Morgan fingerprint density at radius 2 is 2.12 bits per heavy atom. The van der Waals surface area contributed by atoms with Gasteiger partial charge in [-0.1, -0.05) is 6.07 Å². The molecule has 17 heavy (non-hydrogen) atoms. The first-order valence-electron chi connectivity index (χ1n) is 4.60. The minimum atomic E-state index is -0.510. The second-order valence-electron chi connectivity index (χ2n) is 3.18. The van der Waals surface area contributed by atoms with Crippen LogP contribution in [0.25, 0.3) is 0 Å². The highest BCUT2D eigenvalue weighted by Crippen LogP contribution is 2.21. The Bertz CT molecular complexity index is 548. The minimum absolute atomic E-state index is 0.0537. The van der Waals surface area contributed by atoms with Crippen molar-refractivity contribution >= 4 is 11.4 Å². The second-order valence-corrected chi connectivity index (χ2v) is 3.18. The zero-order valence-corrected chi connectivity index (χ0v) is 8.97. The number of nitrogens with zero attached hydrogens (tertiary/aromatic N) is 3. The average molecular weight is 228 g/mol. The van der Waals surface area contributed by atoms with E-state index in [1.807, 2.05) is 0 Å². The molecule has 1 aromatic carbocycles. The van der Waals surface area contributed by atoms with Crippen LogP contribution in [0.2, 0.25) is 0 Å². The Hall–Kier alpha value is -2.86. The molecule has 6 heteroatoms. The van der Waals surface area contributed by atoms with Crippen molar-refractivity contribution in [2.24, 2.45) is 0 Å². The zero-order valence-electron chi connectivity index (χ0n) is 8.97. The molecule has 0 radical (unpaired) electrons. The van der Waals surface area contributed by atoms with Gasteiger partial charge in [0.05, 0.1) is 4.92 Å². The summed E-state index contributed by atoms with van der Waals surface area (Å²) in [6.07, 6.45) is 1.21. The van der Waals surface area contributed by atoms with Crippen molar-refractivity contribution in [3.63, 3.8) is 0 Å². The number of nitro benzene ring substituents is 1. The fraction of sp³-hybridized carbons (Fsp3) is 0.0909. The van der Waals surface area contributed by atoms with Crippen molar-refractivity contribution in [2.45, 2.75) is 6.92 Å². The van der Waals surface area contributed by atoms with E-state index in [1.165, 1.54) is 18.3 Å². The highest BCUT2D eigenvalue weighted by Gasteiger charge is 2.07. The molecule has 0 fully saturated rings. The Morgan fingerprint density at radius 1 is 1.47 bits per heavy atom. The van der Waals surface area contributed by atoms with Gasteiger partial charge in [0.15, 0.2) is 0 Å². The molecule has 6 nitrogen and oxygen atoms in total. The SMILES string of the molecule is Cc1ccc([N+](=O)[O-])cc1NC=C(C#N)C#N. The van der Waals surface area contributed by atoms with E-state index < -0.39 is 4.92 Å². The maximum Gasteiger partial charge on any atom is 0.271 e. The smallest absolute Gasteiger partial charge is 0.271 e. The third-order valence-electron chi connectivity index (χ3n) is 2.04. The standard InChI is InChI=1S/C11H8N4O2/c1-8-2-3-10(15(16)17)4-11(8)14-7-9(5-12)6-13/h2-4,7,14H,1H3. The molecule has 0 aliphatic carbocycles. The summed E-state index contributed by atoms with van der Waals surface area (Å²) in [7, 11) is 0. The summed E-state index contributed by atoms with van der Waals surface area (Å²) in [6, 6.07) is 7.69. The van der Waals surface area contributed by atoms with Crippen LogP contribution in [0.5, 0.6) is 0 Å². The molecule has 0 spiro atoms. The zero-order chi connectivity index (χ0) is 12.8. The number of allylic oxidation sites excluding steroid dienone is 1. The number of non-ortho nitro benzene ring substituents is 1. The predicted octanol–water partition coefficient (Wildman–Crippen LogP) is 2.25. The van der Waals surface area contributed by atoms with Crippen molar-refractivity contribution in [1.29, 1.82) is 10.5 Å². The van der Waals surface area contributed by atoms with Crippen molar-refractivity contribution in [2.75, 3.05) is 5.32 Å². The summed E-state index contributed by atoms with van der Waals surface area (Å²) in [4.78, 5) is 10.1. The van der Waals surface area contributed by atoms with Crippen LogP contribution in [0.1, 0.15) is 5.56 Å². The van der Waals surface area contributed by atoms with E-state index in [2.05, 4.69) is 5.32 Å². The number of benzene rings is 1. The molecule has 1 rings (SSSR count). The molecule has 0 atom stereocenters. The van der Waals surface area contributed by atoms with E-state index in [9.17, 15) is 10.1 Å². The molecular formula is C11H8N4O2. The van der Waals surface area contributed by atoms with Gasteiger partial charge >= 0.3 is 0 Å². The van der Waals surface area contributed by atoms with E-state index >= 15 is 0 Å². The van der Waals surface area contributed by atoms with Gasteiger partial charge in [-0.25, -0.2) is 0 Å². The van der Waals surface area contributed by atoms with Gasteiger partial charge in [0.2, 0.25) is 0 Å². The van der Waals surface area contributed by atoms with Crippen LogP contribution in [-0.4, -0.2) is 4.92 Å². The van der Waals surface area contributed by atoms with Crippen LogP contribution in [-0.2, 0) is 0 Å². The molecule has 1 aromatic rings. The number of nitro groups is 1. The number of anilines is 1. The third-order valence-corrected chi connectivity index (χ3v) is 2.04. The van der Waals surface area contributed by atoms with Gasteiger partial charge in [-0.15, -0.1) is 0 Å². The lowest BCUT2D eigenvalue weighted by atomic mass is 10.2. The summed E-state index contributed by atoms with van der Waals surface area (Å²) >= 11 is 0. The normalized spacial score (nSPS) is 8.65. The van der Waals surface area contributed by atoms with Crippen LogP contribution >= 0.6 is 0 Å². The van der Waals surface area contributed by atoms with Gasteiger partial charge in [-0.3, -0.25) is 10.1 Å².